The second-order valence-corrected chi connectivity index (χ2v) is 7.14. The Kier molecular flexibility index (Phi) is 4.02. The minimum Gasteiger partial charge on any atom is -0.495 e. The van der Waals surface area contributed by atoms with E-state index in [4.69, 9.17) is 20.8 Å². The molecule has 1 aromatic heterocycles. The third-order valence-electron chi connectivity index (χ3n) is 3.41. The van der Waals surface area contributed by atoms with Crippen molar-refractivity contribution in [2.45, 2.75) is 11.8 Å². The number of aromatic amines is 1. The number of hydrogen-bond donors (Lipinski definition) is 2. The van der Waals surface area contributed by atoms with Gasteiger partial charge in [0.2, 0.25) is 0 Å². The van der Waals surface area contributed by atoms with Gasteiger partial charge in [-0.15, -0.1) is 0 Å². The van der Waals surface area contributed by atoms with Crippen molar-refractivity contribution in [3.8, 4) is 5.75 Å². The van der Waals surface area contributed by atoms with Gasteiger partial charge in [0.15, 0.2) is 5.58 Å². The number of oxazole rings is 1. The SMILES string of the molecule is COc1ccc(NS(=O)(=O)c2cc3oc(=O)[nH]c3cc2C)cc1Cl. The fraction of sp³-hybridized carbons (Fsp3) is 0.133. The topological polar surface area (TPSA) is 101 Å². The molecule has 1 heterocycles. The molecule has 0 fully saturated rings. The lowest BCUT2D eigenvalue weighted by Crippen LogP contribution is -2.14. The minimum atomic E-state index is -3.89. The van der Waals surface area contributed by atoms with E-state index in [9.17, 15) is 13.2 Å². The number of anilines is 1. The van der Waals surface area contributed by atoms with Gasteiger partial charge in [0.1, 0.15) is 5.75 Å². The van der Waals surface area contributed by atoms with E-state index < -0.39 is 15.8 Å². The van der Waals surface area contributed by atoms with E-state index in [1.165, 1.54) is 31.4 Å². The molecule has 9 heteroatoms. The molecule has 126 valence electrons. The first kappa shape index (κ1) is 16.4. The van der Waals surface area contributed by atoms with Crippen molar-refractivity contribution in [3.63, 3.8) is 0 Å². The van der Waals surface area contributed by atoms with Crippen LogP contribution in [0.3, 0.4) is 0 Å². The van der Waals surface area contributed by atoms with E-state index in [2.05, 4.69) is 9.71 Å². The number of methoxy groups -OCH3 is 1. The van der Waals surface area contributed by atoms with Gasteiger partial charge < -0.3 is 9.15 Å². The Morgan fingerprint density at radius 2 is 2.00 bits per heavy atom. The molecule has 0 aliphatic carbocycles. The molecule has 0 amide bonds. The Labute approximate surface area is 142 Å². The molecule has 0 aliphatic heterocycles. The van der Waals surface area contributed by atoms with Gasteiger partial charge in [-0.2, -0.15) is 0 Å². The molecule has 2 aromatic carbocycles. The third-order valence-corrected chi connectivity index (χ3v) is 5.23. The van der Waals surface area contributed by atoms with Crippen molar-refractivity contribution < 1.29 is 17.6 Å². The van der Waals surface area contributed by atoms with Gasteiger partial charge in [-0.3, -0.25) is 9.71 Å². The number of hydrogen-bond acceptors (Lipinski definition) is 5. The van der Waals surface area contributed by atoms with Crippen LogP contribution in [0.4, 0.5) is 5.69 Å². The van der Waals surface area contributed by atoms with Gasteiger partial charge in [0.25, 0.3) is 10.0 Å². The van der Waals surface area contributed by atoms with Crippen LogP contribution in [0.25, 0.3) is 11.1 Å². The number of nitrogens with one attached hydrogen (secondary N) is 2. The molecule has 3 rings (SSSR count). The zero-order chi connectivity index (χ0) is 17.5. The van der Waals surface area contributed by atoms with Crippen molar-refractivity contribution in [1.29, 1.82) is 0 Å². The highest BCUT2D eigenvalue weighted by molar-refractivity contribution is 7.92. The van der Waals surface area contributed by atoms with Crippen molar-refractivity contribution >= 4 is 38.4 Å². The summed E-state index contributed by atoms with van der Waals surface area (Å²) in [6.07, 6.45) is 0. The lowest BCUT2D eigenvalue weighted by atomic mass is 10.2. The summed E-state index contributed by atoms with van der Waals surface area (Å²) in [5, 5.41) is 0.279. The number of rotatable bonds is 4. The first-order valence-corrected chi connectivity index (χ1v) is 8.66. The van der Waals surface area contributed by atoms with Crippen LogP contribution in [0.1, 0.15) is 5.56 Å². The molecule has 0 unspecified atom stereocenters. The summed E-state index contributed by atoms with van der Waals surface area (Å²) in [6, 6.07) is 7.38. The standard InChI is InChI=1S/C15H13ClN2O5S/c1-8-5-11-13(23-15(19)17-11)7-14(8)24(20,21)18-9-3-4-12(22-2)10(16)6-9/h3-7,18H,1-2H3,(H,17,19). The number of halogens is 1. The van der Waals surface area contributed by atoms with E-state index in [1.807, 2.05) is 0 Å². The Morgan fingerprint density at radius 3 is 2.67 bits per heavy atom. The van der Waals surface area contributed by atoms with Crippen LogP contribution in [0.2, 0.25) is 5.02 Å². The molecule has 0 atom stereocenters. The van der Waals surface area contributed by atoms with Crippen LogP contribution in [0, 0.1) is 6.92 Å². The van der Waals surface area contributed by atoms with Gasteiger partial charge in [0, 0.05) is 6.07 Å². The van der Waals surface area contributed by atoms with Crippen molar-refractivity contribution in [1.82, 2.24) is 4.98 Å². The number of aryl methyl sites for hydroxylation is 1. The molecule has 3 aromatic rings. The summed E-state index contributed by atoms with van der Waals surface area (Å²) in [5.74, 6) is -0.208. The second kappa shape index (κ2) is 5.88. The highest BCUT2D eigenvalue weighted by Crippen LogP contribution is 2.29. The highest BCUT2D eigenvalue weighted by atomic mass is 35.5. The van der Waals surface area contributed by atoms with Gasteiger partial charge >= 0.3 is 5.76 Å². The van der Waals surface area contributed by atoms with E-state index in [0.29, 0.717) is 16.8 Å². The maximum Gasteiger partial charge on any atom is 0.417 e. The summed E-state index contributed by atoms with van der Waals surface area (Å²) >= 11 is 6.00. The summed E-state index contributed by atoms with van der Waals surface area (Å²) < 4.78 is 37.6. The van der Waals surface area contributed by atoms with E-state index in [0.717, 1.165) is 0 Å². The Morgan fingerprint density at radius 1 is 1.25 bits per heavy atom. The van der Waals surface area contributed by atoms with Gasteiger partial charge in [-0.1, -0.05) is 11.6 Å². The lowest BCUT2D eigenvalue weighted by Gasteiger charge is -2.11. The maximum atomic E-state index is 12.6. The zero-order valence-corrected chi connectivity index (χ0v) is 14.3. The average molecular weight is 369 g/mol. The highest BCUT2D eigenvalue weighted by Gasteiger charge is 2.20. The smallest absolute Gasteiger partial charge is 0.417 e. The molecule has 0 bridgehead atoms. The first-order valence-electron chi connectivity index (χ1n) is 6.80. The third kappa shape index (κ3) is 2.98. The van der Waals surface area contributed by atoms with Crippen LogP contribution in [-0.4, -0.2) is 20.5 Å². The largest absolute Gasteiger partial charge is 0.495 e. The van der Waals surface area contributed by atoms with Crippen molar-refractivity contribution in [2.24, 2.45) is 0 Å². The molecule has 0 saturated heterocycles. The molecule has 0 saturated carbocycles. The fourth-order valence-corrected chi connectivity index (χ4v) is 3.87. The van der Waals surface area contributed by atoms with Crippen molar-refractivity contribution in [3.05, 3.63) is 51.5 Å². The van der Waals surface area contributed by atoms with E-state index in [1.54, 1.807) is 13.0 Å². The maximum absolute atomic E-state index is 12.6. The van der Waals surface area contributed by atoms with Gasteiger partial charge in [-0.25, -0.2) is 13.2 Å². The van der Waals surface area contributed by atoms with Gasteiger partial charge in [-0.05, 0) is 36.8 Å². The number of ether oxygens (including phenoxy) is 1. The summed E-state index contributed by atoms with van der Waals surface area (Å²) in [6.45, 7) is 1.63. The molecular weight excluding hydrogens is 356 g/mol. The first-order chi connectivity index (χ1) is 11.3. The van der Waals surface area contributed by atoms with Crippen LogP contribution in [-0.2, 0) is 10.0 Å². The second-order valence-electron chi connectivity index (χ2n) is 5.08. The molecule has 0 radical (unpaired) electrons. The Balaban J connectivity index is 2.02. The average Bonchev–Trinajstić information content (AvgIpc) is 2.85. The monoisotopic (exact) mass is 368 g/mol. The van der Waals surface area contributed by atoms with Crippen LogP contribution < -0.4 is 15.2 Å². The van der Waals surface area contributed by atoms with E-state index in [-0.39, 0.29) is 21.2 Å². The molecule has 24 heavy (non-hydrogen) atoms. The fourth-order valence-electron chi connectivity index (χ4n) is 2.32. The summed E-state index contributed by atoms with van der Waals surface area (Å²) in [5.41, 5.74) is 1.35. The van der Waals surface area contributed by atoms with Crippen LogP contribution >= 0.6 is 11.6 Å². The van der Waals surface area contributed by atoms with Crippen LogP contribution in [0.5, 0.6) is 5.75 Å². The van der Waals surface area contributed by atoms with Crippen molar-refractivity contribution in [2.75, 3.05) is 11.8 Å². The number of aromatic nitrogens is 1. The molecule has 7 nitrogen and oxygen atoms in total. The predicted octanol–water partition coefficient (Wildman–Crippen LogP) is 2.89. The normalized spacial score (nSPS) is 11.6. The molecule has 2 N–H and O–H groups in total. The van der Waals surface area contributed by atoms with Gasteiger partial charge in [0.05, 0.1) is 28.2 Å². The predicted molar refractivity (Wildman–Crippen MR) is 90.4 cm³/mol. The Bertz CT molecular complexity index is 1080. The number of benzene rings is 2. The van der Waals surface area contributed by atoms with E-state index >= 15 is 0 Å². The zero-order valence-electron chi connectivity index (χ0n) is 12.7. The van der Waals surface area contributed by atoms with Crippen LogP contribution in [0.15, 0.2) is 44.4 Å². The molecular formula is C15H13ClN2O5S. The number of fused-ring (bicyclic) bond motifs is 1. The lowest BCUT2D eigenvalue weighted by molar-refractivity contribution is 0.415. The number of H-pyrrole nitrogens is 1. The minimum absolute atomic E-state index is 0.00434. The quantitative estimate of drug-likeness (QED) is 0.737. The summed E-state index contributed by atoms with van der Waals surface area (Å²) in [7, 11) is -2.42. The number of sulfonamides is 1. The molecule has 0 spiro atoms. The Hall–Kier alpha value is -2.45. The molecule has 0 aliphatic rings. The summed E-state index contributed by atoms with van der Waals surface area (Å²) in [4.78, 5) is 13.7.